The van der Waals surface area contributed by atoms with Gasteiger partial charge in [-0.3, -0.25) is 10.1 Å². The molecule has 2 atom stereocenters. The lowest BCUT2D eigenvalue weighted by molar-refractivity contribution is -0.130. The number of carbonyl (C=O) groups is 2. The van der Waals surface area contributed by atoms with Gasteiger partial charge in [0.2, 0.25) is 0 Å². The van der Waals surface area contributed by atoms with E-state index >= 15 is 4.39 Å². The monoisotopic (exact) mass is 560 g/mol. The number of anilines is 1. The minimum absolute atomic E-state index is 0.122. The van der Waals surface area contributed by atoms with Gasteiger partial charge in [0, 0.05) is 23.2 Å². The molecule has 4 rings (SSSR count). The van der Waals surface area contributed by atoms with E-state index in [2.05, 4.69) is 24.2 Å². The first-order valence-corrected chi connectivity index (χ1v) is 14.0. The van der Waals surface area contributed by atoms with Crippen molar-refractivity contribution in [2.75, 3.05) is 11.9 Å². The fraction of sp³-hybridized carbons (Fsp3) is 0.406. The van der Waals surface area contributed by atoms with Crippen molar-refractivity contribution in [3.8, 4) is 18.4 Å². The Morgan fingerprint density at radius 2 is 1.85 bits per heavy atom. The van der Waals surface area contributed by atoms with Crippen LogP contribution in [0.4, 0.5) is 19.3 Å². The Labute approximate surface area is 239 Å². The Hall–Kier alpha value is -4.37. The molecule has 0 fully saturated rings. The van der Waals surface area contributed by atoms with E-state index in [1.54, 1.807) is 29.2 Å². The molecular weight excluding hydrogens is 526 g/mol. The third-order valence-corrected chi connectivity index (χ3v) is 7.53. The molecule has 1 aliphatic rings. The number of terminal acetylenes is 1. The highest BCUT2D eigenvalue weighted by Gasteiger charge is 2.41. The smallest absolute Gasteiger partial charge is 0.411 e. The van der Waals surface area contributed by atoms with Gasteiger partial charge in [0.05, 0.1) is 29.9 Å². The minimum Gasteiger partial charge on any atom is -0.449 e. The van der Waals surface area contributed by atoms with Crippen LogP contribution in [0.1, 0.15) is 75.2 Å². The number of carbonyl (C=O) groups excluding carboxylic acids is 2. The maximum atomic E-state index is 15.2. The predicted octanol–water partition coefficient (Wildman–Crippen LogP) is 6.85. The average molecular weight is 561 g/mol. The van der Waals surface area contributed by atoms with E-state index in [1.165, 1.54) is 10.6 Å². The lowest BCUT2D eigenvalue weighted by atomic mass is 9.86. The molecule has 2 aromatic carbocycles. The zero-order valence-corrected chi connectivity index (χ0v) is 23.4. The van der Waals surface area contributed by atoms with Gasteiger partial charge in [-0.05, 0) is 54.5 Å². The molecule has 1 aliphatic heterocycles. The Kier molecular flexibility index (Phi) is 9.62. The number of nitriles is 1. The lowest BCUT2D eigenvalue weighted by Gasteiger charge is -2.42. The van der Waals surface area contributed by atoms with Crippen molar-refractivity contribution in [3.05, 3.63) is 64.9 Å². The number of unbranched alkanes of at least 4 members (excludes halogenated alkanes) is 3. The summed E-state index contributed by atoms with van der Waals surface area (Å²) in [7, 11) is 0. The predicted molar refractivity (Wildman–Crippen MR) is 153 cm³/mol. The van der Waals surface area contributed by atoms with E-state index < -0.39 is 29.7 Å². The largest absolute Gasteiger partial charge is 0.449 e. The highest BCUT2D eigenvalue weighted by molar-refractivity contribution is 5.95. The van der Waals surface area contributed by atoms with Gasteiger partial charge in [-0.25, -0.2) is 13.6 Å². The molecule has 7 nitrogen and oxygen atoms in total. The lowest BCUT2D eigenvalue weighted by Crippen LogP contribution is -2.47. The number of aromatic nitrogens is 1. The fourth-order valence-corrected chi connectivity index (χ4v) is 5.71. The molecule has 1 aromatic heterocycles. The molecule has 0 radical (unpaired) electrons. The van der Waals surface area contributed by atoms with Gasteiger partial charge in [0.15, 0.2) is 0 Å². The standard InChI is InChI=1S/C32H34F2N4O3/c1-4-7-9-17-41-32(40)36-23-13-11-21(12-14-23)29-31-26(20-24(10-8-5-2)38(29)28(39)6-3)25-18-22(33)19-27(34)30(25)37(31)16-15-35/h3,11-14,18-19,24,29H,4-5,7-10,16-17,20H2,1-2H3,(H,36,40)/t24-,29-/m0/s1. The number of hydrogen-bond donors (Lipinski definition) is 1. The molecule has 0 saturated heterocycles. The first-order chi connectivity index (χ1) is 19.8. The van der Waals surface area contributed by atoms with Gasteiger partial charge >= 0.3 is 6.09 Å². The van der Waals surface area contributed by atoms with Crippen molar-refractivity contribution in [1.82, 2.24) is 9.47 Å². The first kappa shape index (κ1) is 29.6. The van der Waals surface area contributed by atoms with Gasteiger partial charge in [-0.2, -0.15) is 5.26 Å². The van der Waals surface area contributed by atoms with Crippen LogP contribution in [0.2, 0.25) is 0 Å². The summed E-state index contributed by atoms with van der Waals surface area (Å²) in [4.78, 5) is 27.2. The highest BCUT2D eigenvalue weighted by atomic mass is 19.1. The number of amides is 2. The van der Waals surface area contributed by atoms with Gasteiger partial charge in [0.25, 0.3) is 5.91 Å². The Morgan fingerprint density at radius 1 is 1.12 bits per heavy atom. The summed E-state index contributed by atoms with van der Waals surface area (Å²) < 4.78 is 36.4. The van der Waals surface area contributed by atoms with Crippen LogP contribution in [-0.4, -0.2) is 34.1 Å². The summed E-state index contributed by atoms with van der Waals surface area (Å²) >= 11 is 0. The van der Waals surface area contributed by atoms with Crippen LogP contribution in [-0.2, 0) is 22.5 Å². The van der Waals surface area contributed by atoms with Crippen LogP contribution in [0.25, 0.3) is 10.9 Å². The van der Waals surface area contributed by atoms with Crippen LogP contribution in [0.5, 0.6) is 0 Å². The summed E-state index contributed by atoms with van der Waals surface area (Å²) in [5, 5.41) is 12.8. The molecule has 2 heterocycles. The highest BCUT2D eigenvalue weighted by Crippen LogP contribution is 2.44. The second kappa shape index (κ2) is 13.3. The molecule has 41 heavy (non-hydrogen) atoms. The summed E-state index contributed by atoms with van der Waals surface area (Å²) in [5.74, 6) is 0.228. The van der Waals surface area contributed by atoms with Gasteiger partial charge in [0.1, 0.15) is 18.2 Å². The molecule has 0 saturated carbocycles. The topological polar surface area (TPSA) is 87.4 Å². The van der Waals surface area contributed by atoms with Crippen molar-refractivity contribution in [3.63, 3.8) is 0 Å². The zero-order valence-electron chi connectivity index (χ0n) is 23.4. The molecule has 3 aromatic rings. The summed E-state index contributed by atoms with van der Waals surface area (Å²) in [6.45, 7) is 4.23. The second-order valence-electron chi connectivity index (χ2n) is 10.2. The van der Waals surface area contributed by atoms with Gasteiger partial charge < -0.3 is 14.2 Å². The third kappa shape index (κ3) is 6.20. The normalized spacial score (nSPS) is 16.1. The Balaban J connectivity index is 1.82. The number of nitrogens with one attached hydrogen (secondary N) is 1. The maximum Gasteiger partial charge on any atom is 0.411 e. The zero-order chi connectivity index (χ0) is 29.5. The van der Waals surface area contributed by atoms with Crippen LogP contribution in [0.15, 0.2) is 36.4 Å². The fourth-order valence-electron chi connectivity index (χ4n) is 5.71. The number of rotatable bonds is 10. The third-order valence-electron chi connectivity index (χ3n) is 7.53. The van der Waals surface area contributed by atoms with Crippen LogP contribution in [0.3, 0.4) is 0 Å². The molecule has 2 amide bonds. The second-order valence-corrected chi connectivity index (χ2v) is 10.2. The number of ether oxygens (including phenoxy) is 1. The molecule has 214 valence electrons. The van der Waals surface area contributed by atoms with E-state index in [0.29, 0.717) is 47.3 Å². The van der Waals surface area contributed by atoms with Gasteiger partial charge in [-0.15, -0.1) is 6.42 Å². The van der Waals surface area contributed by atoms with E-state index in [4.69, 9.17) is 11.2 Å². The number of benzene rings is 2. The first-order valence-electron chi connectivity index (χ1n) is 14.0. The van der Waals surface area contributed by atoms with Crippen LogP contribution in [0, 0.1) is 35.3 Å². The van der Waals surface area contributed by atoms with Crippen LogP contribution < -0.4 is 5.32 Å². The average Bonchev–Trinajstić information content (AvgIpc) is 3.26. The number of halogens is 2. The summed E-state index contributed by atoms with van der Waals surface area (Å²) in [6, 6.07) is 9.98. The molecule has 0 unspecified atom stereocenters. The quantitative estimate of drug-likeness (QED) is 0.217. The molecule has 1 N–H and O–H groups in total. The molecule has 9 heteroatoms. The van der Waals surface area contributed by atoms with Crippen molar-refractivity contribution < 1.29 is 23.1 Å². The Bertz CT molecular complexity index is 1500. The van der Waals surface area contributed by atoms with Crippen molar-refractivity contribution in [2.45, 2.75) is 77.4 Å². The van der Waals surface area contributed by atoms with Crippen molar-refractivity contribution >= 4 is 28.6 Å². The molecule has 0 spiro atoms. The SMILES string of the molecule is C#CC(=O)N1[C@@H](CCCC)Cc2c(n(CC#N)c3c(F)cc(F)cc23)[C@@H]1c1ccc(NC(=O)OCCCCC)cc1. The Morgan fingerprint density at radius 3 is 2.51 bits per heavy atom. The molecule has 0 bridgehead atoms. The van der Waals surface area contributed by atoms with Crippen LogP contribution >= 0.6 is 0 Å². The van der Waals surface area contributed by atoms with Gasteiger partial charge in [-0.1, -0.05) is 51.7 Å². The van der Waals surface area contributed by atoms with E-state index in [1.807, 2.05) is 6.92 Å². The van der Waals surface area contributed by atoms with E-state index in [0.717, 1.165) is 38.2 Å². The summed E-state index contributed by atoms with van der Waals surface area (Å²) in [5.41, 5.74) is 2.49. The summed E-state index contributed by atoms with van der Waals surface area (Å²) in [6.07, 6.45) is 10.5. The number of hydrogen-bond acceptors (Lipinski definition) is 4. The maximum absolute atomic E-state index is 15.2. The number of nitrogens with zero attached hydrogens (tertiary/aromatic N) is 3. The van der Waals surface area contributed by atoms with Crippen molar-refractivity contribution in [1.29, 1.82) is 5.26 Å². The molecular formula is C32H34F2N4O3. The minimum atomic E-state index is -0.777. The molecule has 0 aliphatic carbocycles. The number of fused-ring (bicyclic) bond motifs is 3. The van der Waals surface area contributed by atoms with E-state index in [9.17, 15) is 19.2 Å². The van der Waals surface area contributed by atoms with E-state index in [-0.39, 0.29) is 18.1 Å². The van der Waals surface area contributed by atoms with Crippen molar-refractivity contribution in [2.24, 2.45) is 0 Å².